The summed E-state index contributed by atoms with van der Waals surface area (Å²) in [5.74, 6) is 0.576. The number of ether oxygens (including phenoxy) is 1. The van der Waals surface area contributed by atoms with Crippen molar-refractivity contribution in [2.24, 2.45) is 0 Å². The number of methoxy groups -OCH3 is 1. The van der Waals surface area contributed by atoms with Gasteiger partial charge in [0, 0.05) is 18.3 Å². The maximum absolute atomic E-state index is 12.4. The van der Waals surface area contributed by atoms with E-state index >= 15 is 0 Å². The van der Waals surface area contributed by atoms with Crippen LogP contribution in [0, 0.1) is 0 Å². The highest BCUT2D eigenvalue weighted by Crippen LogP contribution is 2.23. The Hall–Kier alpha value is -3.15. The van der Waals surface area contributed by atoms with Crippen LogP contribution in [0.3, 0.4) is 0 Å². The molecule has 6 nitrogen and oxygen atoms in total. The lowest BCUT2D eigenvalue weighted by molar-refractivity contribution is 0.0944. The molecule has 3 rings (SSSR count). The molecule has 0 saturated carbocycles. The van der Waals surface area contributed by atoms with Crippen molar-refractivity contribution in [2.45, 2.75) is 20.0 Å². The Labute approximate surface area is 146 Å². The number of carbonyl (C=O) groups excluding carboxylic acids is 1. The van der Waals surface area contributed by atoms with Crippen molar-refractivity contribution in [3.63, 3.8) is 0 Å². The molecule has 128 valence electrons. The van der Waals surface area contributed by atoms with Crippen LogP contribution in [-0.4, -0.2) is 27.8 Å². The van der Waals surface area contributed by atoms with E-state index in [1.807, 2.05) is 54.1 Å². The minimum atomic E-state index is -0.215. The fourth-order valence-electron chi connectivity index (χ4n) is 2.53. The van der Waals surface area contributed by atoms with Crippen LogP contribution in [0.5, 0.6) is 5.75 Å². The van der Waals surface area contributed by atoms with Gasteiger partial charge in [0.2, 0.25) is 0 Å². The van der Waals surface area contributed by atoms with Crippen molar-refractivity contribution in [1.29, 1.82) is 0 Å². The van der Waals surface area contributed by atoms with Gasteiger partial charge in [-0.2, -0.15) is 5.10 Å². The van der Waals surface area contributed by atoms with Gasteiger partial charge in [-0.15, -0.1) is 0 Å². The summed E-state index contributed by atoms with van der Waals surface area (Å²) in [5, 5.41) is 7.27. The molecule has 2 heterocycles. The van der Waals surface area contributed by atoms with Crippen molar-refractivity contribution in [2.75, 3.05) is 7.11 Å². The highest BCUT2D eigenvalue weighted by Gasteiger charge is 2.15. The number of nitrogens with zero attached hydrogens (tertiary/aromatic N) is 3. The van der Waals surface area contributed by atoms with Crippen LogP contribution in [0.4, 0.5) is 0 Å². The summed E-state index contributed by atoms with van der Waals surface area (Å²) in [6, 6.07) is 15.1. The average Bonchev–Trinajstić information content (AvgIpc) is 3.11. The zero-order valence-corrected chi connectivity index (χ0v) is 14.3. The second kappa shape index (κ2) is 7.61. The first-order chi connectivity index (χ1) is 12.2. The van der Waals surface area contributed by atoms with Crippen molar-refractivity contribution >= 4 is 5.91 Å². The van der Waals surface area contributed by atoms with Crippen LogP contribution in [0.2, 0.25) is 0 Å². The summed E-state index contributed by atoms with van der Waals surface area (Å²) >= 11 is 0. The van der Waals surface area contributed by atoms with E-state index in [1.54, 1.807) is 19.4 Å². The molecular weight excluding hydrogens is 316 g/mol. The van der Waals surface area contributed by atoms with Crippen LogP contribution < -0.4 is 10.1 Å². The van der Waals surface area contributed by atoms with E-state index in [4.69, 9.17) is 4.74 Å². The molecular formula is C19H20N4O2. The fraction of sp³-hybridized carbons (Fsp3) is 0.211. The molecule has 1 amide bonds. The molecule has 0 saturated heterocycles. The maximum atomic E-state index is 12.4. The van der Waals surface area contributed by atoms with Gasteiger partial charge in [-0.25, -0.2) is 0 Å². The fourth-order valence-corrected chi connectivity index (χ4v) is 2.53. The van der Waals surface area contributed by atoms with Crippen LogP contribution in [0.15, 0.2) is 54.7 Å². The summed E-state index contributed by atoms with van der Waals surface area (Å²) in [4.78, 5) is 16.6. The first kappa shape index (κ1) is 16.7. The Morgan fingerprint density at radius 1 is 1.20 bits per heavy atom. The second-order valence-corrected chi connectivity index (χ2v) is 5.46. The normalized spacial score (nSPS) is 10.5. The molecule has 25 heavy (non-hydrogen) atoms. The van der Waals surface area contributed by atoms with Crippen molar-refractivity contribution in [3.05, 3.63) is 66.1 Å². The van der Waals surface area contributed by atoms with Crippen molar-refractivity contribution < 1.29 is 9.53 Å². The minimum Gasteiger partial charge on any atom is -0.497 e. The van der Waals surface area contributed by atoms with Crippen LogP contribution in [-0.2, 0) is 13.1 Å². The van der Waals surface area contributed by atoms with E-state index in [1.165, 1.54) is 0 Å². The van der Waals surface area contributed by atoms with E-state index < -0.39 is 0 Å². The van der Waals surface area contributed by atoms with Gasteiger partial charge in [-0.3, -0.25) is 14.5 Å². The molecule has 1 N–H and O–H groups in total. The van der Waals surface area contributed by atoms with Gasteiger partial charge >= 0.3 is 0 Å². The number of nitrogens with one attached hydrogen (secondary N) is 1. The zero-order chi connectivity index (χ0) is 17.6. The third-order valence-electron chi connectivity index (χ3n) is 3.85. The summed E-state index contributed by atoms with van der Waals surface area (Å²) in [6.45, 7) is 3.04. The number of pyridine rings is 1. The molecule has 0 atom stereocenters. The standard InChI is InChI=1S/C19H20N4O2/c1-3-23-18(14-7-9-16(25-2)10-8-14)12-17(22-23)19(24)21-13-15-6-4-5-11-20-15/h4-12H,3,13H2,1-2H3,(H,21,24). The monoisotopic (exact) mass is 336 g/mol. The van der Waals surface area contributed by atoms with Crippen molar-refractivity contribution in [3.8, 4) is 17.0 Å². The van der Waals surface area contributed by atoms with E-state index in [9.17, 15) is 4.79 Å². The number of benzene rings is 1. The highest BCUT2D eigenvalue weighted by atomic mass is 16.5. The zero-order valence-electron chi connectivity index (χ0n) is 14.3. The van der Waals surface area contributed by atoms with E-state index in [0.717, 1.165) is 22.7 Å². The molecule has 0 unspecified atom stereocenters. The van der Waals surface area contributed by atoms with Gasteiger partial charge < -0.3 is 10.1 Å². The number of carbonyl (C=O) groups is 1. The van der Waals surface area contributed by atoms with Crippen molar-refractivity contribution in [1.82, 2.24) is 20.1 Å². The third-order valence-corrected chi connectivity index (χ3v) is 3.85. The van der Waals surface area contributed by atoms with Gasteiger partial charge in [0.05, 0.1) is 25.0 Å². The van der Waals surface area contributed by atoms with E-state index in [2.05, 4.69) is 15.4 Å². The van der Waals surface area contributed by atoms with E-state index in [-0.39, 0.29) is 5.91 Å². The summed E-state index contributed by atoms with van der Waals surface area (Å²) in [6.07, 6.45) is 1.70. The Kier molecular flexibility index (Phi) is 5.09. The maximum Gasteiger partial charge on any atom is 0.272 e. The minimum absolute atomic E-state index is 0.215. The molecule has 2 aromatic heterocycles. The second-order valence-electron chi connectivity index (χ2n) is 5.46. The molecule has 0 aliphatic carbocycles. The molecule has 0 radical (unpaired) electrons. The molecule has 0 fully saturated rings. The van der Waals surface area contributed by atoms with Gasteiger partial charge in [0.25, 0.3) is 5.91 Å². The predicted octanol–water partition coefficient (Wildman–Crippen LogP) is 2.90. The van der Waals surface area contributed by atoms with Gasteiger partial charge in [-0.1, -0.05) is 6.07 Å². The smallest absolute Gasteiger partial charge is 0.272 e. The molecule has 0 spiro atoms. The number of rotatable bonds is 6. The van der Waals surface area contributed by atoms with Crippen LogP contribution in [0.25, 0.3) is 11.3 Å². The Morgan fingerprint density at radius 3 is 2.64 bits per heavy atom. The average molecular weight is 336 g/mol. The van der Waals surface area contributed by atoms with Gasteiger partial charge in [0.1, 0.15) is 5.75 Å². The number of amides is 1. The summed E-state index contributed by atoms with van der Waals surface area (Å²) in [7, 11) is 1.63. The van der Waals surface area contributed by atoms with Crippen LogP contribution >= 0.6 is 0 Å². The van der Waals surface area contributed by atoms with Gasteiger partial charge in [0.15, 0.2) is 5.69 Å². The van der Waals surface area contributed by atoms with Gasteiger partial charge in [-0.05, 0) is 49.4 Å². The molecule has 6 heteroatoms. The third kappa shape index (κ3) is 3.85. The predicted molar refractivity (Wildman–Crippen MR) is 95.3 cm³/mol. The first-order valence-electron chi connectivity index (χ1n) is 8.11. The quantitative estimate of drug-likeness (QED) is 0.751. The summed E-state index contributed by atoms with van der Waals surface area (Å²) < 4.78 is 7.00. The topological polar surface area (TPSA) is 69.0 Å². The van der Waals surface area contributed by atoms with E-state index in [0.29, 0.717) is 18.8 Å². The van der Waals surface area contributed by atoms with Crippen LogP contribution in [0.1, 0.15) is 23.1 Å². The first-order valence-corrected chi connectivity index (χ1v) is 8.11. The molecule has 1 aromatic carbocycles. The Bertz CT molecular complexity index is 842. The number of aromatic nitrogens is 3. The molecule has 0 bridgehead atoms. The lowest BCUT2D eigenvalue weighted by Crippen LogP contribution is -2.23. The molecule has 0 aliphatic rings. The lowest BCUT2D eigenvalue weighted by Gasteiger charge is -2.05. The Morgan fingerprint density at radius 2 is 2.00 bits per heavy atom. The molecule has 3 aromatic rings. The summed E-state index contributed by atoms with van der Waals surface area (Å²) in [5.41, 5.74) is 3.08. The molecule has 0 aliphatic heterocycles. The number of aryl methyl sites for hydroxylation is 1. The largest absolute Gasteiger partial charge is 0.497 e. The Balaban J connectivity index is 1.78. The lowest BCUT2D eigenvalue weighted by atomic mass is 10.1. The SMILES string of the molecule is CCn1nc(C(=O)NCc2ccccn2)cc1-c1ccc(OC)cc1. The number of hydrogen-bond donors (Lipinski definition) is 1. The highest BCUT2D eigenvalue weighted by molar-refractivity contribution is 5.93. The number of hydrogen-bond acceptors (Lipinski definition) is 4.